The van der Waals surface area contributed by atoms with Gasteiger partial charge < -0.3 is 15.1 Å². The molecule has 0 saturated carbocycles. The van der Waals surface area contributed by atoms with Gasteiger partial charge in [-0.2, -0.15) is 0 Å². The van der Waals surface area contributed by atoms with Gasteiger partial charge in [0.05, 0.1) is 0 Å². The second-order valence-corrected chi connectivity index (χ2v) is 5.27. The highest BCUT2D eigenvalue weighted by Gasteiger charge is 2.24. The highest BCUT2D eigenvalue weighted by Crippen LogP contribution is 2.21. The molecule has 1 aliphatic heterocycles. The lowest BCUT2D eigenvalue weighted by atomic mass is 10.1. The molecule has 1 aliphatic rings. The fourth-order valence-electron chi connectivity index (χ4n) is 2.42. The van der Waals surface area contributed by atoms with E-state index >= 15 is 0 Å². The second-order valence-electron chi connectivity index (χ2n) is 4.88. The number of anilines is 1. The molecule has 0 spiro atoms. The Morgan fingerprint density at radius 3 is 2.50 bits per heavy atom. The number of rotatable bonds is 1. The lowest BCUT2D eigenvalue weighted by molar-refractivity contribution is 0.336. The standard InChI is InChI=1S/C14H21N3S/c1-11-4-6-13(7-5-11)17-9-8-16(10-12(17)2)14(18)15-3/h4-7,12H,8-10H2,1-3H3,(H,15,18)/t12-/m0/s1. The van der Waals surface area contributed by atoms with Gasteiger partial charge in [-0.1, -0.05) is 17.7 Å². The minimum atomic E-state index is 0.479. The number of thiocarbonyl (C=S) groups is 1. The van der Waals surface area contributed by atoms with Crippen LogP contribution in [0.5, 0.6) is 0 Å². The summed E-state index contributed by atoms with van der Waals surface area (Å²) < 4.78 is 0. The van der Waals surface area contributed by atoms with Crippen LogP contribution in [0.3, 0.4) is 0 Å². The maximum Gasteiger partial charge on any atom is 0.168 e. The molecular weight excluding hydrogens is 242 g/mol. The molecule has 4 heteroatoms. The molecule has 1 aromatic carbocycles. The lowest BCUT2D eigenvalue weighted by Gasteiger charge is -2.42. The van der Waals surface area contributed by atoms with Gasteiger partial charge in [0.25, 0.3) is 0 Å². The van der Waals surface area contributed by atoms with Crippen LogP contribution in [0.15, 0.2) is 24.3 Å². The van der Waals surface area contributed by atoms with Crippen LogP contribution in [0.25, 0.3) is 0 Å². The summed E-state index contributed by atoms with van der Waals surface area (Å²) in [7, 11) is 1.89. The van der Waals surface area contributed by atoms with Gasteiger partial charge in [-0.25, -0.2) is 0 Å². The van der Waals surface area contributed by atoms with Crippen LogP contribution in [0.4, 0.5) is 5.69 Å². The third-order valence-electron chi connectivity index (χ3n) is 3.49. The van der Waals surface area contributed by atoms with E-state index in [1.54, 1.807) is 0 Å². The van der Waals surface area contributed by atoms with Crippen LogP contribution in [0.1, 0.15) is 12.5 Å². The molecule has 1 aromatic rings. The number of hydrogen-bond donors (Lipinski definition) is 1. The molecule has 18 heavy (non-hydrogen) atoms. The van der Waals surface area contributed by atoms with E-state index < -0.39 is 0 Å². The zero-order valence-corrected chi connectivity index (χ0v) is 12.1. The normalized spacial score (nSPS) is 19.8. The number of hydrogen-bond acceptors (Lipinski definition) is 2. The molecule has 3 nitrogen and oxygen atoms in total. The Labute approximate surface area is 115 Å². The van der Waals surface area contributed by atoms with Gasteiger partial charge >= 0.3 is 0 Å². The molecule has 0 unspecified atom stereocenters. The second kappa shape index (κ2) is 5.57. The largest absolute Gasteiger partial charge is 0.366 e. The lowest BCUT2D eigenvalue weighted by Crippen LogP contribution is -2.55. The first-order valence-electron chi connectivity index (χ1n) is 6.42. The number of nitrogens with zero attached hydrogens (tertiary/aromatic N) is 2. The summed E-state index contributed by atoms with van der Waals surface area (Å²) in [5.41, 5.74) is 2.62. The Kier molecular flexibility index (Phi) is 4.07. The molecule has 0 aromatic heterocycles. The quantitative estimate of drug-likeness (QED) is 0.781. The van der Waals surface area contributed by atoms with Crippen molar-refractivity contribution in [3.05, 3.63) is 29.8 Å². The maximum atomic E-state index is 5.30. The van der Waals surface area contributed by atoms with Crippen molar-refractivity contribution in [2.75, 3.05) is 31.6 Å². The average Bonchev–Trinajstić information content (AvgIpc) is 2.39. The van der Waals surface area contributed by atoms with Crippen molar-refractivity contribution in [2.24, 2.45) is 0 Å². The fourth-order valence-corrected chi connectivity index (χ4v) is 2.59. The summed E-state index contributed by atoms with van der Waals surface area (Å²) in [5.74, 6) is 0. The Hall–Kier alpha value is -1.29. The molecule has 0 aliphatic carbocycles. The van der Waals surface area contributed by atoms with Gasteiger partial charge in [0, 0.05) is 38.4 Å². The molecule has 1 N–H and O–H groups in total. The van der Waals surface area contributed by atoms with E-state index in [4.69, 9.17) is 12.2 Å². The molecule has 0 radical (unpaired) electrons. The average molecular weight is 263 g/mol. The van der Waals surface area contributed by atoms with E-state index in [0.717, 1.165) is 24.7 Å². The summed E-state index contributed by atoms with van der Waals surface area (Å²) in [4.78, 5) is 4.69. The van der Waals surface area contributed by atoms with Gasteiger partial charge in [0.2, 0.25) is 0 Å². The van der Waals surface area contributed by atoms with Gasteiger partial charge in [0.1, 0.15) is 0 Å². The van der Waals surface area contributed by atoms with Gasteiger partial charge in [0.15, 0.2) is 5.11 Å². The highest BCUT2D eigenvalue weighted by molar-refractivity contribution is 7.80. The Balaban J connectivity index is 2.05. The molecule has 1 fully saturated rings. The number of nitrogens with one attached hydrogen (secondary N) is 1. The minimum absolute atomic E-state index is 0.479. The monoisotopic (exact) mass is 263 g/mol. The summed E-state index contributed by atoms with van der Waals surface area (Å²) in [6, 6.07) is 9.24. The van der Waals surface area contributed by atoms with Crippen molar-refractivity contribution in [1.82, 2.24) is 10.2 Å². The summed E-state index contributed by atoms with van der Waals surface area (Å²) in [6.45, 7) is 7.36. The zero-order chi connectivity index (χ0) is 13.1. The predicted molar refractivity (Wildman–Crippen MR) is 81.2 cm³/mol. The third-order valence-corrected chi connectivity index (χ3v) is 3.96. The summed E-state index contributed by atoms with van der Waals surface area (Å²) in [6.07, 6.45) is 0. The first-order chi connectivity index (χ1) is 8.61. The van der Waals surface area contributed by atoms with E-state index in [1.807, 2.05) is 7.05 Å². The Morgan fingerprint density at radius 1 is 1.28 bits per heavy atom. The van der Waals surface area contributed by atoms with Crippen molar-refractivity contribution in [1.29, 1.82) is 0 Å². The summed E-state index contributed by atoms with van der Waals surface area (Å²) in [5, 5.41) is 3.91. The molecule has 98 valence electrons. The molecule has 0 bridgehead atoms. The molecule has 1 atom stereocenters. The topological polar surface area (TPSA) is 18.5 Å². The maximum absolute atomic E-state index is 5.30. The van der Waals surface area contributed by atoms with E-state index in [9.17, 15) is 0 Å². The third kappa shape index (κ3) is 2.75. The van der Waals surface area contributed by atoms with Gasteiger partial charge in [-0.15, -0.1) is 0 Å². The van der Waals surface area contributed by atoms with E-state index in [0.29, 0.717) is 6.04 Å². The highest BCUT2D eigenvalue weighted by atomic mass is 32.1. The van der Waals surface area contributed by atoms with Crippen molar-refractivity contribution in [3.8, 4) is 0 Å². The number of aryl methyl sites for hydroxylation is 1. The van der Waals surface area contributed by atoms with Crippen LogP contribution in [0.2, 0.25) is 0 Å². The van der Waals surface area contributed by atoms with Gasteiger partial charge in [-0.05, 0) is 38.2 Å². The molecule has 2 rings (SSSR count). The van der Waals surface area contributed by atoms with Crippen molar-refractivity contribution in [2.45, 2.75) is 19.9 Å². The van der Waals surface area contributed by atoms with Crippen molar-refractivity contribution in [3.63, 3.8) is 0 Å². The van der Waals surface area contributed by atoms with E-state index in [-0.39, 0.29) is 0 Å². The van der Waals surface area contributed by atoms with Crippen LogP contribution in [-0.4, -0.2) is 42.7 Å². The first kappa shape index (κ1) is 13.1. The van der Waals surface area contributed by atoms with Crippen LogP contribution in [-0.2, 0) is 0 Å². The molecular formula is C14H21N3S. The first-order valence-corrected chi connectivity index (χ1v) is 6.82. The fraction of sp³-hybridized carbons (Fsp3) is 0.500. The molecule has 1 saturated heterocycles. The molecule has 0 amide bonds. The number of piperazine rings is 1. The van der Waals surface area contributed by atoms with Crippen molar-refractivity contribution >= 4 is 23.0 Å². The molecule has 1 heterocycles. The summed E-state index contributed by atoms with van der Waals surface area (Å²) >= 11 is 5.30. The zero-order valence-electron chi connectivity index (χ0n) is 11.3. The van der Waals surface area contributed by atoms with E-state index in [1.165, 1.54) is 11.3 Å². The Morgan fingerprint density at radius 2 is 1.94 bits per heavy atom. The van der Waals surface area contributed by atoms with Gasteiger partial charge in [-0.3, -0.25) is 0 Å². The smallest absolute Gasteiger partial charge is 0.168 e. The Bertz CT molecular complexity index is 416. The SMILES string of the molecule is CNC(=S)N1CCN(c2ccc(C)cc2)[C@@H](C)C1. The van der Waals surface area contributed by atoms with E-state index in [2.05, 4.69) is 53.2 Å². The predicted octanol–water partition coefficient (Wildman–Crippen LogP) is 2.01. The van der Waals surface area contributed by atoms with Crippen LogP contribution in [0, 0.1) is 6.92 Å². The van der Waals surface area contributed by atoms with Crippen molar-refractivity contribution < 1.29 is 0 Å². The van der Waals surface area contributed by atoms with Crippen LogP contribution < -0.4 is 10.2 Å². The minimum Gasteiger partial charge on any atom is -0.366 e. The van der Waals surface area contributed by atoms with Crippen LogP contribution >= 0.6 is 12.2 Å². The number of benzene rings is 1.